The number of alkyl halides is 6. The first-order valence-corrected chi connectivity index (χ1v) is 9.76. The summed E-state index contributed by atoms with van der Waals surface area (Å²) in [4.78, 5) is 15.9. The van der Waals surface area contributed by atoms with E-state index in [2.05, 4.69) is 14.9 Å². The Morgan fingerprint density at radius 2 is 1.82 bits per heavy atom. The molecule has 6 nitrogen and oxygen atoms in total. The van der Waals surface area contributed by atoms with Crippen molar-refractivity contribution in [3.63, 3.8) is 0 Å². The summed E-state index contributed by atoms with van der Waals surface area (Å²) >= 11 is 0. The maximum Gasteiger partial charge on any atom is 0.425 e. The molecule has 0 aliphatic rings. The number of aromatic nitrogens is 3. The maximum absolute atomic E-state index is 13.5. The standard InChI is InChI=1S/C22H15F6N3O3/c1-11(21(23,24)25)33-18-7-6-13(10-16(18)22(26,27)28)20-29-19(30-34-20)15-4-3-5-17-14(15)8-9-31(17)12(2)32/h3-11H,1-2H3. The van der Waals surface area contributed by atoms with Crippen LogP contribution in [0.15, 0.2) is 53.2 Å². The lowest BCUT2D eigenvalue weighted by Gasteiger charge is -2.20. The summed E-state index contributed by atoms with van der Waals surface area (Å²) in [5, 5.41) is 4.44. The highest BCUT2D eigenvalue weighted by atomic mass is 19.4. The van der Waals surface area contributed by atoms with E-state index in [0.717, 1.165) is 12.1 Å². The first kappa shape index (κ1) is 23.3. The van der Waals surface area contributed by atoms with Gasteiger partial charge >= 0.3 is 12.4 Å². The normalized spacial score (nSPS) is 13.3. The van der Waals surface area contributed by atoms with Crippen LogP contribution in [0.4, 0.5) is 26.3 Å². The van der Waals surface area contributed by atoms with Crippen LogP contribution in [0.3, 0.4) is 0 Å². The van der Waals surface area contributed by atoms with Gasteiger partial charge in [-0.15, -0.1) is 0 Å². The second kappa shape index (κ2) is 8.19. The Bertz CT molecular complexity index is 1370. The summed E-state index contributed by atoms with van der Waals surface area (Å²) in [7, 11) is 0. The number of fused-ring (bicyclic) bond motifs is 1. The third-order valence-corrected chi connectivity index (χ3v) is 5.04. The lowest BCUT2D eigenvalue weighted by Crippen LogP contribution is -2.31. The molecule has 1 unspecified atom stereocenters. The molecule has 178 valence electrons. The highest BCUT2D eigenvalue weighted by Gasteiger charge is 2.41. The smallest absolute Gasteiger partial charge is 0.425 e. The van der Waals surface area contributed by atoms with Crippen molar-refractivity contribution in [1.29, 1.82) is 0 Å². The van der Waals surface area contributed by atoms with Gasteiger partial charge in [0.15, 0.2) is 6.10 Å². The fourth-order valence-corrected chi connectivity index (χ4v) is 3.33. The molecule has 2 aromatic carbocycles. The van der Waals surface area contributed by atoms with Crippen molar-refractivity contribution in [2.75, 3.05) is 0 Å². The molecular formula is C22H15F6N3O3. The molecule has 12 heteroatoms. The predicted octanol–water partition coefficient (Wildman–Crippen LogP) is 6.37. The summed E-state index contributed by atoms with van der Waals surface area (Å²) in [6, 6.07) is 9.13. The largest absolute Gasteiger partial charge is 0.481 e. The van der Waals surface area contributed by atoms with Crippen molar-refractivity contribution < 1.29 is 40.4 Å². The number of rotatable bonds is 4. The maximum atomic E-state index is 13.5. The molecule has 0 amide bonds. The average Bonchev–Trinajstić information content (AvgIpc) is 3.40. The van der Waals surface area contributed by atoms with Crippen molar-refractivity contribution in [3.05, 3.63) is 54.2 Å². The monoisotopic (exact) mass is 483 g/mol. The van der Waals surface area contributed by atoms with E-state index in [4.69, 9.17) is 4.52 Å². The molecule has 0 spiro atoms. The van der Waals surface area contributed by atoms with E-state index < -0.39 is 29.8 Å². The Labute approximate surface area is 187 Å². The molecule has 2 aromatic heterocycles. The van der Waals surface area contributed by atoms with Crippen molar-refractivity contribution >= 4 is 16.8 Å². The second-order valence-corrected chi connectivity index (χ2v) is 7.38. The van der Waals surface area contributed by atoms with Crippen LogP contribution in [0, 0.1) is 0 Å². The number of ether oxygens (including phenoxy) is 1. The predicted molar refractivity (Wildman–Crippen MR) is 108 cm³/mol. The van der Waals surface area contributed by atoms with Crippen LogP contribution in [0.5, 0.6) is 5.75 Å². The molecule has 0 fully saturated rings. The zero-order chi connectivity index (χ0) is 24.8. The number of benzene rings is 2. The molecule has 0 aliphatic carbocycles. The molecule has 0 aliphatic heterocycles. The van der Waals surface area contributed by atoms with E-state index >= 15 is 0 Å². The van der Waals surface area contributed by atoms with Crippen LogP contribution in [-0.2, 0) is 6.18 Å². The Morgan fingerprint density at radius 3 is 2.47 bits per heavy atom. The van der Waals surface area contributed by atoms with E-state index in [-0.39, 0.29) is 23.2 Å². The van der Waals surface area contributed by atoms with Crippen molar-refractivity contribution in [2.24, 2.45) is 0 Å². The minimum atomic E-state index is -5.00. The van der Waals surface area contributed by atoms with E-state index in [0.29, 0.717) is 29.5 Å². The molecule has 2 heterocycles. The molecule has 34 heavy (non-hydrogen) atoms. The highest BCUT2D eigenvalue weighted by Crippen LogP contribution is 2.40. The van der Waals surface area contributed by atoms with Crippen LogP contribution in [0.2, 0.25) is 0 Å². The van der Waals surface area contributed by atoms with Gasteiger partial charge in [0.25, 0.3) is 5.89 Å². The summed E-state index contributed by atoms with van der Waals surface area (Å²) in [6.07, 6.45) is -10.7. The van der Waals surface area contributed by atoms with Gasteiger partial charge in [0.1, 0.15) is 5.75 Å². The van der Waals surface area contributed by atoms with Gasteiger partial charge in [0.2, 0.25) is 11.7 Å². The lowest BCUT2D eigenvalue weighted by atomic mass is 10.1. The molecular weight excluding hydrogens is 468 g/mol. The van der Waals surface area contributed by atoms with Gasteiger partial charge in [-0.25, -0.2) is 0 Å². The molecule has 0 saturated heterocycles. The molecule has 0 radical (unpaired) electrons. The molecule has 0 bridgehead atoms. The van der Waals surface area contributed by atoms with Crippen molar-refractivity contribution in [1.82, 2.24) is 14.7 Å². The number of hydrogen-bond acceptors (Lipinski definition) is 5. The van der Waals surface area contributed by atoms with E-state index in [1.807, 2.05) is 0 Å². The first-order chi connectivity index (χ1) is 15.9. The van der Waals surface area contributed by atoms with E-state index in [9.17, 15) is 31.1 Å². The third kappa shape index (κ3) is 4.35. The fourth-order valence-electron chi connectivity index (χ4n) is 3.33. The van der Waals surface area contributed by atoms with Gasteiger partial charge in [-0.1, -0.05) is 17.3 Å². The molecule has 4 aromatic rings. The van der Waals surface area contributed by atoms with Crippen LogP contribution < -0.4 is 4.74 Å². The Kier molecular flexibility index (Phi) is 5.62. The quantitative estimate of drug-likeness (QED) is 0.316. The van der Waals surface area contributed by atoms with Crippen LogP contribution in [-0.4, -0.2) is 32.9 Å². The van der Waals surface area contributed by atoms with Crippen molar-refractivity contribution in [2.45, 2.75) is 32.3 Å². The molecule has 0 saturated carbocycles. The Hall–Kier alpha value is -3.83. The fraction of sp³-hybridized carbons (Fsp3) is 0.227. The van der Waals surface area contributed by atoms with Gasteiger partial charge in [0, 0.05) is 29.6 Å². The molecule has 1 atom stereocenters. The number of carbonyl (C=O) groups excluding carboxylic acids is 1. The van der Waals surface area contributed by atoms with Gasteiger partial charge in [-0.3, -0.25) is 9.36 Å². The Morgan fingerprint density at radius 1 is 1.09 bits per heavy atom. The van der Waals surface area contributed by atoms with Gasteiger partial charge in [-0.05, 0) is 37.3 Å². The second-order valence-electron chi connectivity index (χ2n) is 7.38. The number of halogens is 6. The van der Waals surface area contributed by atoms with Crippen LogP contribution in [0.1, 0.15) is 24.2 Å². The molecule has 4 rings (SSSR count). The summed E-state index contributed by atoms with van der Waals surface area (Å²) in [5.74, 6) is -1.42. The van der Waals surface area contributed by atoms with Crippen molar-refractivity contribution in [3.8, 4) is 28.6 Å². The number of nitrogens with zero attached hydrogens (tertiary/aromatic N) is 3. The first-order valence-electron chi connectivity index (χ1n) is 9.76. The number of hydrogen-bond donors (Lipinski definition) is 0. The zero-order valence-corrected chi connectivity index (χ0v) is 17.5. The third-order valence-electron chi connectivity index (χ3n) is 5.04. The molecule has 0 N–H and O–H groups in total. The minimum Gasteiger partial charge on any atom is -0.481 e. The zero-order valence-electron chi connectivity index (χ0n) is 17.5. The Balaban J connectivity index is 1.73. The van der Waals surface area contributed by atoms with E-state index in [1.54, 1.807) is 30.5 Å². The topological polar surface area (TPSA) is 70.2 Å². The number of carbonyl (C=O) groups is 1. The van der Waals surface area contributed by atoms with Gasteiger partial charge in [-0.2, -0.15) is 31.3 Å². The van der Waals surface area contributed by atoms with Crippen LogP contribution >= 0.6 is 0 Å². The van der Waals surface area contributed by atoms with Crippen LogP contribution in [0.25, 0.3) is 33.7 Å². The summed E-state index contributed by atoms with van der Waals surface area (Å²) in [5.41, 5.74) is -0.522. The van der Waals surface area contributed by atoms with E-state index in [1.165, 1.54) is 11.5 Å². The minimum absolute atomic E-state index is 0.0569. The SMILES string of the molecule is CC(=O)n1ccc2c(-c3noc(-c4ccc(OC(C)C(F)(F)F)c(C(F)(F)F)c4)n3)cccc21. The summed E-state index contributed by atoms with van der Waals surface area (Å²) in [6.45, 7) is 2.00. The average molecular weight is 483 g/mol. The van der Waals surface area contributed by atoms with Gasteiger partial charge in [0.05, 0.1) is 11.1 Å². The summed E-state index contributed by atoms with van der Waals surface area (Å²) < 4.78 is 90.0. The lowest BCUT2D eigenvalue weighted by molar-refractivity contribution is -0.191. The van der Waals surface area contributed by atoms with Gasteiger partial charge < -0.3 is 9.26 Å². The highest BCUT2D eigenvalue weighted by molar-refractivity contribution is 5.98.